The lowest BCUT2D eigenvalue weighted by Gasteiger charge is -2.38. The van der Waals surface area contributed by atoms with Gasteiger partial charge in [-0.2, -0.15) is 18.3 Å². The summed E-state index contributed by atoms with van der Waals surface area (Å²) in [5, 5.41) is 4.34. The van der Waals surface area contributed by atoms with Crippen molar-refractivity contribution >= 4 is 28.4 Å². The number of hydrogen-bond acceptors (Lipinski definition) is 7. The van der Waals surface area contributed by atoms with Gasteiger partial charge in [0.2, 0.25) is 0 Å². The van der Waals surface area contributed by atoms with Gasteiger partial charge >= 0.3 is 12.1 Å². The first-order valence-corrected chi connectivity index (χ1v) is 11.3. The summed E-state index contributed by atoms with van der Waals surface area (Å²) >= 11 is 0. The number of rotatable bonds is 4. The van der Waals surface area contributed by atoms with Crippen molar-refractivity contribution in [2.75, 3.05) is 13.1 Å². The Balaban J connectivity index is 1.47. The molecule has 9 nitrogen and oxygen atoms in total. The average molecular weight is 535 g/mol. The number of ether oxygens (including phenoxy) is 2. The van der Waals surface area contributed by atoms with Crippen LogP contribution in [0.1, 0.15) is 22.6 Å². The summed E-state index contributed by atoms with van der Waals surface area (Å²) in [5.41, 5.74) is 1.19. The number of halogens is 5. The van der Waals surface area contributed by atoms with E-state index >= 15 is 0 Å². The van der Waals surface area contributed by atoms with Crippen LogP contribution < -0.4 is 9.47 Å². The lowest BCUT2D eigenvalue weighted by molar-refractivity contribution is -0.190. The Labute approximate surface area is 210 Å². The van der Waals surface area contributed by atoms with Gasteiger partial charge < -0.3 is 14.4 Å². The van der Waals surface area contributed by atoms with Crippen molar-refractivity contribution in [3.05, 3.63) is 60.0 Å². The molecule has 0 bridgehead atoms. The number of amides is 1. The second-order valence-corrected chi connectivity index (χ2v) is 8.62. The van der Waals surface area contributed by atoms with Crippen molar-refractivity contribution in [3.8, 4) is 11.6 Å². The summed E-state index contributed by atoms with van der Waals surface area (Å²) in [4.78, 5) is 34.2. The van der Waals surface area contributed by atoms with Crippen molar-refractivity contribution in [2.45, 2.75) is 31.5 Å². The van der Waals surface area contributed by atoms with Crippen LogP contribution in [0.3, 0.4) is 0 Å². The summed E-state index contributed by atoms with van der Waals surface area (Å²) in [6.07, 6.45) is -6.71. The monoisotopic (exact) mass is 535 g/mol. The van der Waals surface area contributed by atoms with Crippen LogP contribution in [0.25, 0.3) is 16.6 Å². The van der Waals surface area contributed by atoms with Crippen LogP contribution in [-0.2, 0) is 4.79 Å². The second-order valence-electron chi connectivity index (χ2n) is 8.62. The highest BCUT2D eigenvalue weighted by atomic mass is 19.4. The van der Waals surface area contributed by atoms with E-state index in [-0.39, 0.29) is 23.1 Å². The molecule has 1 atom stereocenters. The summed E-state index contributed by atoms with van der Waals surface area (Å²) < 4.78 is 79.6. The molecular formula is C24H18F5N5O4. The molecule has 1 aliphatic heterocycles. The smallest absolute Gasteiger partial charge is 0.463 e. The highest BCUT2D eigenvalue weighted by molar-refractivity contribution is 5.93. The first-order chi connectivity index (χ1) is 17.9. The zero-order chi connectivity index (χ0) is 27.2. The van der Waals surface area contributed by atoms with Crippen molar-refractivity contribution in [3.63, 3.8) is 0 Å². The van der Waals surface area contributed by atoms with Crippen molar-refractivity contribution in [2.24, 2.45) is 0 Å². The molecule has 5 rings (SSSR count). The van der Waals surface area contributed by atoms with E-state index in [2.05, 4.69) is 19.8 Å². The molecule has 0 aliphatic carbocycles. The fraction of sp³-hybridized carbons (Fsp3) is 0.292. The summed E-state index contributed by atoms with van der Waals surface area (Å²) in [6, 6.07) is 10.2. The minimum absolute atomic E-state index is 0.0880. The fourth-order valence-electron chi connectivity index (χ4n) is 4.06. The Morgan fingerprint density at radius 3 is 2.63 bits per heavy atom. The number of esters is 1. The maximum atomic E-state index is 15.0. The number of likely N-dealkylation sites (tertiary alicyclic amines) is 1. The van der Waals surface area contributed by atoms with Crippen LogP contribution >= 0.6 is 0 Å². The third-order valence-corrected chi connectivity index (χ3v) is 5.91. The maximum absolute atomic E-state index is 15.0. The van der Waals surface area contributed by atoms with Crippen LogP contribution in [0, 0.1) is 6.92 Å². The van der Waals surface area contributed by atoms with Crippen molar-refractivity contribution < 1.29 is 41.0 Å². The molecule has 0 radical (unpaired) electrons. The Morgan fingerprint density at radius 2 is 1.87 bits per heavy atom. The minimum Gasteiger partial charge on any atom is -0.463 e. The van der Waals surface area contributed by atoms with Gasteiger partial charge in [0.05, 0.1) is 18.3 Å². The SMILES string of the molecule is Cc1cc(C(=O)N2CCC(F)(F)[C@@H](Oc3nc4ccccc4cc3OC(=O)C(F)(F)F)C2)n2nccc2n1. The minimum atomic E-state index is -5.35. The highest BCUT2D eigenvalue weighted by Crippen LogP contribution is 2.37. The number of carbonyl (C=O) groups excluding carboxylic acids is 2. The van der Waals surface area contributed by atoms with Crippen molar-refractivity contribution in [1.29, 1.82) is 0 Å². The standard InChI is InChI=1S/C24H18F5N5O4/c1-13-10-16(34-19(31-13)6-8-30-34)21(35)33-9-7-23(25,26)18(12-33)38-20-17(37-22(36)24(27,28)29)11-14-4-2-3-5-15(14)32-20/h2-6,8,10-11,18H,7,9,12H2,1H3/t18-/m0/s1. The molecule has 1 aromatic carbocycles. The number of piperidine rings is 1. The van der Waals surface area contributed by atoms with Gasteiger partial charge in [0.25, 0.3) is 17.7 Å². The van der Waals surface area contributed by atoms with Gasteiger partial charge in [0.15, 0.2) is 17.5 Å². The zero-order valence-electron chi connectivity index (χ0n) is 19.6. The van der Waals surface area contributed by atoms with Crippen LogP contribution in [-0.4, -0.2) is 67.7 Å². The van der Waals surface area contributed by atoms with E-state index in [9.17, 15) is 31.5 Å². The number of hydrogen-bond donors (Lipinski definition) is 0. The lowest BCUT2D eigenvalue weighted by Crippen LogP contribution is -2.55. The van der Waals surface area contributed by atoms with E-state index < -0.39 is 54.7 Å². The Kier molecular flexibility index (Phi) is 6.12. The molecule has 0 saturated carbocycles. The molecule has 1 amide bonds. The summed E-state index contributed by atoms with van der Waals surface area (Å²) in [7, 11) is 0. The first kappa shape index (κ1) is 25.3. The molecule has 4 heterocycles. The molecule has 38 heavy (non-hydrogen) atoms. The van der Waals surface area contributed by atoms with Gasteiger partial charge in [-0.15, -0.1) is 0 Å². The Bertz CT molecular complexity index is 1550. The Hall–Kier alpha value is -4.36. The molecule has 0 N–H and O–H groups in total. The fourth-order valence-corrected chi connectivity index (χ4v) is 4.06. The molecule has 1 aliphatic rings. The predicted molar refractivity (Wildman–Crippen MR) is 121 cm³/mol. The maximum Gasteiger partial charge on any atom is 0.491 e. The average Bonchev–Trinajstić information content (AvgIpc) is 3.32. The van der Waals surface area contributed by atoms with Gasteiger partial charge in [-0.05, 0) is 25.1 Å². The molecule has 0 spiro atoms. The number of carbonyl (C=O) groups is 2. The molecule has 4 aromatic rings. The molecule has 198 valence electrons. The van der Waals surface area contributed by atoms with Gasteiger partial charge in [0.1, 0.15) is 5.69 Å². The molecular weight excluding hydrogens is 517 g/mol. The van der Waals surface area contributed by atoms with Gasteiger partial charge in [-0.1, -0.05) is 18.2 Å². The van der Waals surface area contributed by atoms with E-state index in [4.69, 9.17) is 4.74 Å². The van der Waals surface area contributed by atoms with Gasteiger partial charge in [-0.25, -0.2) is 28.1 Å². The molecule has 1 fully saturated rings. The van der Waals surface area contributed by atoms with E-state index in [1.807, 2.05) is 0 Å². The molecule has 1 saturated heterocycles. The van der Waals surface area contributed by atoms with Crippen LogP contribution in [0.4, 0.5) is 22.0 Å². The zero-order valence-corrected chi connectivity index (χ0v) is 19.6. The molecule has 0 unspecified atom stereocenters. The number of aryl methyl sites for hydroxylation is 1. The molecule has 14 heteroatoms. The molecule has 3 aromatic heterocycles. The first-order valence-electron chi connectivity index (χ1n) is 11.3. The lowest BCUT2D eigenvalue weighted by atomic mass is 10.0. The van der Waals surface area contributed by atoms with E-state index in [1.165, 1.54) is 28.9 Å². The quantitative estimate of drug-likeness (QED) is 0.288. The number of aromatic nitrogens is 4. The van der Waals surface area contributed by atoms with Gasteiger partial charge in [-0.3, -0.25) is 4.79 Å². The number of benzene rings is 1. The predicted octanol–water partition coefficient (Wildman–Crippen LogP) is 3.98. The normalized spacial score (nSPS) is 17.5. The number of pyridine rings is 1. The van der Waals surface area contributed by atoms with Crippen LogP contribution in [0.2, 0.25) is 0 Å². The Morgan fingerprint density at radius 1 is 1.11 bits per heavy atom. The third-order valence-electron chi connectivity index (χ3n) is 5.91. The number of alkyl halides is 5. The third kappa shape index (κ3) is 4.80. The summed E-state index contributed by atoms with van der Waals surface area (Å²) in [5.74, 6) is -8.20. The van der Waals surface area contributed by atoms with Crippen molar-refractivity contribution in [1.82, 2.24) is 24.5 Å². The van der Waals surface area contributed by atoms with Crippen LogP contribution in [0.15, 0.2) is 48.7 Å². The van der Waals surface area contributed by atoms with Gasteiger partial charge in [0, 0.05) is 30.1 Å². The topological polar surface area (TPSA) is 98.9 Å². The summed E-state index contributed by atoms with van der Waals surface area (Å²) in [6.45, 7) is 0.712. The van der Waals surface area contributed by atoms with E-state index in [1.54, 1.807) is 25.1 Å². The number of nitrogens with zero attached hydrogens (tertiary/aromatic N) is 5. The van der Waals surface area contributed by atoms with Crippen LogP contribution in [0.5, 0.6) is 11.6 Å². The second kappa shape index (κ2) is 9.19. The largest absolute Gasteiger partial charge is 0.491 e. The number of fused-ring (bicyclic) bond motifs is 2. The van der Waals surface area contributed by atoms with E-state index in [0.717, 1.165) is 11.0 Å². The van der Waals surface area contributed by atoms with E-state index in [0.29, 0.717) is 11.3 Å². The number of para-hydroxylation sites is 1. The highest BCUT2D eigenvalue weighted by Gasteiger charge is 2.48.